The normalized spacial score (nSPS) is 24.1. The molecule has 1 saturated heterocycles. The maximum Gasteiger partial charge on any atom is 0.0682 e. The Balaban J connectivity index is 2.22. The standard InChI is InChI=1S/C10H17N3O/c1-7(11)10-5-9(12-13(10)2)8-3-4-14-6-8/h5,7-8H,3-4,6,11H2,1-2H3/t7-,8?/m1/s1. The van der Waals surface area contributed by atoms with E-state index in [4.69, 9.17) is 10.5 Å². The SMILES string of the molecule is C[C@@H](N)c1cc(C2CCOC2)nn1C. The molecule has 4 nitrogen and oxygen atoms in total. The molecular formula is C10H17N3O. The maximum atomic E-state index is 5.83. The van der Waals surface area contributed by atoms with E-state index in [0.717, 1.165) is 31.0 Å². The summed E-state index contributed by atoms with van der Waals surface area (Å²) < 4.78 is 7.21. The van der Waals surface area contributed by atoms with Gasteiger partial charge in [0.2, 0.25) is 0 Å². The predicted octanol–water partition coefficient (Wildman–Crippen LogP) is 0.944. The van der Waals surface area contributed by atoms with Gasteiger partial charge in [0.15, 0.2) is 0 Å². The number of ether oxygens (including phenoxy) is 1. The molecule has 2 heterocycles. The van der Waals surface area contributed by atoms with Crippen LogP contribution in [0.15, 0.2) is 6.07 Å². The predicted molar refractivity (Wildman–Crippen MR) is 54.0 cm³/mol. The number of rotatable bonds is 2. The van der Waals surface area contributed by atoms with Crippen LogP contribution >= 0.6 is 0 Å². The molecule has 0 aromatic carbocycles. The minimum atomic E-state index is 0.0450. The third-order valence-corrected chi connectivity index (χ3v) is 2.75. The molecule has 0 saturated carbocycles. The smallest absolute Gasteiger partial charge is 0.0682 e. The Morgan fingerprint density at radius 2 is 2.50 bits per heavy atom. The summed E-state index contributed by atoms with van der Waals surface area (Å²) in [4.78, 5) is 0. The first-order chi connectivity index (χ1) is 6.68. The summed E-state index contributed by atoms with van der Waals surface area (Å²) in [6.07, 6.45) is 1.08. The van der Waals surface area contributed by atoms with Crippen molar-refractivity contribution in [3.63, 3.8) is 0 Å². The molecule has 0 radical (unpaired) electrons. The summed E-state index contributed by atoms with van der Waals surface area (Å²) in [5.41, 5.74) is 8.05. The molecule has 78 valence electrons. The van der Waals surface area contributed by atoms with Gasteiger partial charge >= 0.3 is 0 Å². The van der Waals surface area contributed by atoms with E-state index in [9.17, 15) is 0 Å². The van der Waals surface area contributed by atoms with Crippen LogP contribution in [0.4, 0.5) is 0 Å². The van der Waals surface area contributed by atoms with Crippen molar-refractivity contribution < 1.29 is 4.74 Å². The monoisotopic (exact) mass is 195 g/mol. The highest BCUT2D eigenvalue weighted by Gasteiger charge is 2.21. The molecule has 0 bridgehead atoms. The van der Waals surface area contributed by atoms with Crippen molar-refractivity contribution in [2.45, 2.75) is 25.3 Å². The molecule has 0 amide bonds. The minimum absolute atomic E-state index is 0.0450. The van der Waals surface area contributed by atoms with Crippen molar-refractivity contribution in [2.75, 3.05) is 13.2 Å². The summed E-state index contributed by atoms with van der Waals surface area (Å²) in [7, 11) is 1.94. The molecule has 1 aliphatic rings. The zero-order chi connectivity index (χ0) is 10.1. The van der Waals surface area contributed by atoms with Crippen molar-refractivity contribution >= 4 is 0 Å². The van der Waals surface area contributed by atoms with Crippen LogP contribution in [0.2, 0.25) is 0 Å². The minimum Gasteiger partial charge on any atom is -0.381 e. The van der Waals surface area contributed by atoms with Gasteiger partial charge in [-0.05, 0) is 19.4 Å². The lowest BCUT2D eigenvalue weighted by Crippen LogP contribution is -2.10. The fourth-order valence-electron chi connectivity index (χ4n) is 1.90. The maximum absolute atomic E-state index is 5.83. The fraction of sp³-hybridized carbons (Fsp3) is 0.700. The third-order valence-electron chi connectivity index (χ3n) is 2.75. The van der Waals surface area contributed by atoms with Crippen molar-refractivity contribution in [3.8, 4) is 0 Å². The second-order valence-corrected chi connectivity index (χ2v) is 3.97. The van der Waals surface area contributed by atoms with Gasteiger partial charge in [0.1, 0.15) is 0 Å². The molecule has 2 N–H and O–H groups in total. The molecule has 0 aliphatic carbocycles. The highest BCUT2D eigenvalue weighted by Crippen LogP contribution is 2.25. The van der Waals surface area contributed by atoms with Crippen molar-refractivity contribution in [3.05, 3.63) is 17.5 Å². The number of hydrogen-bond donors (Lipinski definition) is 1. The molecule has 1 aliphatic heterocycles. The number of aromatic nitrogens is 2. The van der Waals surface area contributed by atoms with Crippen LogP contribution in [0.1, 0.15) is 36.7 Å². The zero-order valence-electron chi connectivity index (χ0n) is 8.73. The highest BCUT2D eigenvalue weighted by atomic mass is 16.5. The molecule has 1 fully saturated rings. The molecule has 1 aromatic rings. The lowest BCUT2D eigenvalue weighted by atomic mass is 10.0. The van der Waals surface area contributed by atoms with Crippen LogP contribution in [-0.4, -0.2) is 23.0 Å². The Kier molecular flexibility index (Phi) is 2.56. The summed E-state index contributed by atoms with van der Waals surface area (Å²) in [6, 6.07) is 2.15. The van der Waals surface area contributed by atoms with Crippen LogP contribution in [0.5, 0.6) is 0 Å². The van der Waals surface area contributed by atoms with Crippen molar-refractivity contribution in [1.82, 2.24) is 9.78 Å². The van der Waals surface area contributed by atoms with Gasteiger partial charge in [-0.3, -0.25) is 4.68 Å². The van der Waals surface area contributed by atoms with Gasteiger partial charge in [-0.15, -0.1) is 0 Å². The molecule has 2 atom stereocenters. The van der Waals surface area contributed by atoms with Gasteiger partial charge < -0.3 is 10.5 Å². The second-order valence-electron chi connectivity index (χ2n) is 3.97. The Morgan fingerprint density at radius 3 is 3.00 bits per heavy atom. The van der Waals surface area contributed by atoms with Gasteiger partial charge in [0.25, 0.3) is 0 Å². The average Bonchev–Trinajstić information content (AvgIpc) is 2.70. The Morgan fingerprint density at radius 1 is 1.71 bits per heavy atom. The lowest BCUT2D eigenvalue weighted by Gasteiger charge is -2.03. The van der Waals surface area contributed by atoms with E-state index < -0.39 is 0 Å². The Hall–Kier alpha value is -0.870. The van der Waals surface area contributed by atoms with Crippen molar-refractivity contribution in [2.24, 2.45) is 12.8 Å². The topological polar surface area (TPSA) is 53.1 Å². The van der Waals surface area contributed by atoms with Gasteiger partial charge in [-0.25, -0.2) is 0 Å². The first-order valence-corrected chi connectivity index (χ1v) is 5.05. The summed E-state index contributed by atoms with van der Waals surface area (Å²) >= 11 is 0. The van der Waals surface area contributed by atoms with Crippen molar-refractivity contribution in [1.29, 1.82) is 0 Å². The van der Waals surface area contributed by atoms with E-state index in [2.05, 4.69) is 11.2 Å². The Labute approximate surface area is 84.0 Å². The first-order valence-electron chi connectivity index (χ1n) is 5.05. The molecule has 2 rings (SSSR count). The van der Waals surface area contributed by atoms with E-state index in [0.29, 0.717) is 5.92 Å². The quantitative estimate of drug-likeness (QED) is 0.764. The van der Waals surface area contributed by atoms with Crippen LogP contribution in [0, 0.1) is 0 Å². The molecule has 1 aromatic heterocycles. The van der Waals surface area contributed by atoms with Crippen LogP contribution in [0.3, 0.4) is 0 Å². The first kappa shape index (κ1) is 9.68. The van der Waals surface area contributed by atoms with Gasteiger partial charge in [-0.1, -0.05) is 0 Å². The van der Waals surface area contributed by atoms with Gasteiger partial charge in [0.05, 0.1) is 18.0 Å². The number of nitrogens with zero attached hydrogens (tertiary/aromatic N) is 2. The van der Waals surface area contributed by atoms with E-state index in [1.807, 2.05) is 18.7 Å². The number of nitrogens with two attached hydrogens (primary N) is 1. The molecule has 14 heavy (non-hydrogen) atoms. The Bertz CT molecular complexity index is 313. The number of aryl methyl sites for hydroxylation is 1. The van der Waals surface area contributed by atoms with E-state index in [-0.39, 0.29) is 6.04 Å². The molecular weight excluding hydrogens is 178 g/mol. The molecule has 4 heteroatoms. The lowest BCUT2D eigenvalue weighted by molar-refractivity contribution is 0.193. The van der Waals surface area contributed by atoms with E-state index in [1.54, 1.807) is 0 Å². The van der Waals surface area contributed by atoms with Gasteiger partial charge in [0, 0.05) is 25.6 Å². The highest BCUT2D eigenvalue weighted by molar-refractivity contribution is 5.17. The second kappa shape index (κ2) is 3.71. The van der Waals surface area contributed by atoms with Gasteiger partial charge in [-0.2, -0.15) is 5.10 Å². The van der Waals surface area contributed by atoms with E-state index >= 15 is 0 Å². The van der Waals surface area contributed by atoms with Crippen LogP contribution in [0.25, 0.3) is 0 Å². The largest absolute Gasteiger partial charge is 0.381 e. The third kappa shape index (κ3) is 1.67. The zero-order valence-corrected chi connectivity index (χ0v) is 8.73. The number of hydrogen-bond acceptors (Lipinski definition) is 3. The molecule has 0 spiro atoms. The summed E-state index contributed by atoms with van der Waals surface area (Å²) in [5.74, 6) is 0.466. The summed E-state index contributed by atoms with van der Waals surface area (Å²) in [6.45, 7) is 3.64. The summed E-state index contributed by atoms with van der Waals surface area (Å²) in [5, 5.41) is 4.47. The van der Waals surface area contributed by atoms with E-state index in [1.165, 1.54) is 0 Å². The molecule has 1 unspecified atom stereocenters. The van der Waals surface area contributed by atoms with Crippen LogP contribution < -0.4 is 5.73 Å². The fourth-order valence-corrected chi connectivity index (χ4v) is 1.90. The van der Waals surface area contributed by atoms with Crippen LogP contribution in [-0.2, 0) is 11.8 Å². The average molecular weight is 195 g/mol.